The molecule has 10 heteroatoms. The van der Waals surface area contributed by atoms with Gasteiger partial charge in [0.2, 0.25) is 0 Å². The third-order valence-electron chi connectivity index (χ3n) is 3.57. The highest BCUT2D eigenvalue weighted by Crippen LogP contribution is 2.37. The summed E-state index contributed by atoms with van der Waals surface area (Å²) in [5.41, 5.74) is 11.6. The lowest BCUT2D eigenvalue weighted by Crippen LogP contribution is -2.31. The van der Waals surface area contributed by atoms with Crippen molar-refractivity contribution in [3.63, 3.8) is 0 Å². The second-order valence-electron chi connectivity index (χ2n) is 5.30. The van der Waals surface area contributed by atoms with Crippen LogP contribution in [0, 0.1) is 0 Å². The Morgan fingerprint density at radius 1 is 1.27 bits per heavy atom. The van der Waals surface area contributed by atoms with Crippen LogP contribution in [0.15, 0.2) is 23.8 Å². The fourth-order valence-electron chi connectivity index (χ4n) is 2.38. The number of hydrogen-bond donors (Lipinski definition) is 4. The van der Waals surface area contributed by atoms with Gasteiger partial charge in [-0.2, -0.15) is 0 Å². The van der Waals surface area contributed by atoms with Crippen molar-refractivity contribution < 1.29 is 23.9 Å². The van der Waals surface area contributed by atoms with Crippen molar-refractivity contribution in [3.05, 3.63) is 34.2 Å². The lowest BCUT2D eigenvalue weighted by Gasteiger charge is -2.14. The number of esters is 1. The molecule has 26 heavy (non-hydrogen) atoms. The highest BCUT2D eigenvalue weighted by atomic mass is 32.1. The summed E-state index contributed by atoms with van der Waals surface area (Å²) in [6, 6.07) is 0.690. The lowest BCUT2D eigenvalue weighted by atomic mass is 9.95. The van der Waals surface area contributed by atoms with Gasteiger partial charge in [-0.3, -0.25) is 19.7 Å². The maximum atomic E-state index is 12.4. The molecule has 1 aromatic rings. The average Bonchev–Trinajstić information content (AvgIpc) is 3.02. The molecule has 1 aliphatic rings. The van der Waals surface area contributed by atoms with Gasteiger partial charge >= 0.3 is 12.0 Å². The van der Waals surface area contributed by atoms with E-state index in [1.807, 2.05) is 6.08 Å². The molecule has 1 aliphatic carbocycles. The van der Waals surface area contributed by atoms with E-state index in [9.17, 15) is 19.2 Å². The Bertz CT molecular complexity index is 825. The molecule has 0 atom stereocenters. The summed E-state index contributed by atoms with van der Waals surface area (Å²) in [6.07, 6.45) is 4.73. The number of urea groups is 1. The van der Waals surface area contributed by atoms with Gasteiger partial charge in [0.25, 0.3) is 11.8 Å². The number of methoxy groups -OCH3 is 1. The Balaban J connectivity index is 2.39. The predicted octanol–water partition coefficient (Wildman–Crippen LogP) is 0.730. The molecular weight excluding hydrogens is 360 g/mol. The molecule has 0 saturated heterocycles. The zero-order valence-electron chi connectivity index (χ0n) is 14.0. The van der Waals surface area contributed by atoms with Crippen LogP contribution < -0.4 is 22.1 Å². The van der Waals surface area contributed by atoms with Crippen molar-refractivity contribution in [3.8, 4) is 0 Å². The monoisotopic (exact) mass is 378 g/mol. The largest absolute Gasteiger partial charge is 0.468 e. The number of rotatable bonds is 6. The molecule has 0 fully saturated rings. The number of nitrogens with one attached hydrogen (secondary N) is 2. The van der Waals surface area contributed by atoms with Crippen LogP contribution in [0.2, 0.25) is 0 Å². The molecule has 138 valence electrons. The van der Waals surface area contributed by atoms with E-state index in [-0.39, 0.29) is 17.1 Å². The quantitative estimate of drug-likeness (QED) is 0.537. The molecule has 9 nitrogen and oxygen atoms in total. The van der Waals surface area contributed by atoms with Crippen molar-refractivity contribution in [1.29, 1.82) is 0 Å². The van der Waals surface area contributed by atoms with Gasteiger partial charge < -0.3 is 21.5 Å². The minimum atomic E-state index is -0.825. The molecule has 1 aromatic heterocycles. The molecule has 0 aliphatic heterocycles. The van der Waals surface area contributed by atoms with Gasteiger partial charge in [-0.1, -0.05) is 12.2 Å². The van der Waals surface area contributed by atoms with E-state index < -0.39 is 23.8 Å². The first-order valence-corrected chi connectivity index (χ1v) is 8.40. The number of anilines is 1. The molecule has 0 aromatic carbocycles. The van der Waals surface area contributed by atoms with Crippen LogP contribution in [0.4, 0.5) is 9.80 Å². The molecule has 0 radical (unpaired) electrons. The van der Waals surface area contributed by atoms with Crippen LogP contribution >= 0.6 is 11.3 Å². The van der Waals surface area contributed by atoms with Gasteiger partial charge in [0.05, 0.1) is 12.7 Å². The fraction of sp³-hybridized carbons (Fsp3) is 0.250. The Kier molecular flexibility index (Phi) is 6.12. The molecule has 1 heterocycles. The van der Waals surface area contributed by atoms with E-state index in [1.165, 1.54) is 13.2 Å². The smallest absolute Gasteiger partial charge is 0.325 e. The van der Waals surface area contributed by atoms with Gasteiger partial charge in [0, 0.05) is 10.5 Å². The molecule has 0 saturated carbocycles. The minimum absolute atomic E-state index is 0.111. The van der Waals surface area contributed by atoms with Crippen molar-refractivity contribution >= 4 is 45.7 Å². The van der Waals surface area contributed by atoms with E-state index in [2.05, 4.69) is 15.4 Å². The first kappa shape index (κ1) is 19.2. The second-order valence-corrected chi connectivity index (χ2v) is 6.35. The number of thiophene rings is 1. The SMILES string of the molecule is COC(=O)CNC(=O)C1=C(c2cc(C(N)=O)c(NC(N)=O)s2)CCC=C1. The summed E-state index contributed by atoms with van der Waals surface area (Å²) in [6.45, 7) is -0.259. The Morgan fingerprint density at radius 3 is 2.62 bits per heavy atom. The first-order valence-electron chi connectivity index (χ1n) is 7.58. The minimum Gasteiger partial charge on any atom is -0.468 e. The van der Waals surface area contributed by atoms with E-state index >= 15 is 0 Å². The average molecular weight is 378 g/mol. The summed E-state index contributed by atoms with van der Waals surface area (Å²) in [5.74, 6) is -1.74. The molecule has 0 unspecified atom stereocenters. The molecule has 0 spiro atoms. The summed E-state index contributed by atoms with van der Waals surface area (Å²) < 4.78 is 4.49. The van der Waals surface area contributed by atoms with Crippen LogP contribution in [-0.2, 0) is 14.3 Å². The van der Waals surface area contributed by atoms with Gasteiger partial charge in [-0.05, 0) is 24.5 Å². The molecule has 4 amide bonds. The summed E-state index contributed by atoms with van der Waals surface area (Å²) in [5, 5.41) is 5.06. The third kappa shape index (κ3) is 4.48. The summed E-state index contributed by atoms with van der Waals surface area (Å²) >= 11 is 1.10. The van der Waals surface area contributed by atoms with Gasteiger partial charge in [-0.15, -0.1) is 11.3 Å². The van der Waals surface area contributed by atoms with E-state index in [0.717, 1.165) is 11.3 Å². The van der Waals surface area contributed by atoms with Gasteiger partial charge in [-0.25, -0.2) is 4.79 Å². The highest BCUT2D eigenvalue weighted by molar-refractivity contribution is 7.17. The van der Waals surface area contributed by atoms with Crippen LogP contribution in [0.5, 0.6) is 0 Å². The Labute approximate surface area is 153 Å². The van der Waals surface area contributed by atoms with Gasteiger partial charge in [0.1, 0.15) is 11.5 Å². The van der Waals surface area contributed by atoms with E-state index in [4.69, 9.17) is 11.5 Å². The van der Waals surface area contributed by atoms with Crippen molar-refractivity contribution in [2.45, 2.75) is 12.8 Å². The standard InChI is InChI=1S/C16H18N4O5S/c1-25-12(21)7-19-14(23)9-5-3-2-4-8(9)11-6-10(13(17)22)15(26-11)20-16(18)24/h3,5-6H,2,4,7H2,1H3,(H2,17,22)(H,19,23)(H3,18,20,24). The maximum Gasteiger partial charge on any atom is 0.325 e. The fourth-order valence-corrected chi connectivity index (χ4v) is 3.53. The molecule has 6 N–H and O–H groups in total. The number of primary amides is 2. The number of carbonyl (C=O) groups is 4. The number of carbonyl (C=O) groups excluding carboxylic acids is 4. The van der Waals surface area contributed by atoms with Gasteiger partial charge in [0.15, 0.2) is 0 Å². The van der Waals surface area contributed by atoms with Crippen LogP contribution in [0.1, 0.15) is 28.1 Å². The third-order valence-corrected chi connectivity index (χ3v) is 4.68. The lowest BCUT2D eigenvalue weighted by molar-refractivity contribution is -0.140. The van der Waals surface area contributed by atoms with Crippen LogP contribution in [0.3, 0.4) is 0 Å². The zero-order valence-corrected chi connectivity index (χ0v) is 14.8. The van der Waals surface area contributed by atoms with Crippen molar-refractivity contribution in [2.75, 3.05) is 19.0 Å². The van der Waals surface area contributed by atoms with E-state index in [1.54, 1.807) is 6.08 Å². The topological polar surface area (TPSA) is 154 Å². The molecule has 0 bridgehead atoms. The summed E-state index contributed by atoms with van der Waals surface area (Å²) in [4.78, 5) is 46.9. The number of nitrogens with two attached hydrogens (primary N) is 2. The predicted molar refractivity (Wildman–Crippen MR) is 96.4 cm³/mol. The number of ether oxygens (including phenoxy) is 1. The Hall–Kier alpha value is -3.14. The Morgan fingerprint density at radius 2 is 2.00 bits per heavy atom. The first-order chi connectivity index (χ1) is 12.3. The number of hydrogen-bond acceptors (Lipinski definition) is 6. The summed E-state index contributed by atoms with van der Waals surface area (Å²) in [7, 11) is 1.23. The zero-order chi connectivity index (χ0) is 19.3. The molecular formula is C16H18N4O5S. The number of amides is 4. The molecule has 2 rings (SSSR count). The maximum absolute atomic E-state index is 12.4. The van der Waals surface area contributed by atoms with Crippen molar-refractivity contribution in [1.82, 2.24) is 5.32 Å². The van der Waals surface area contributed by atoms with Crippen LogP contribution in [-0.4, -0.2) is 37.5 Å². The second kappa shape index (κ2) is 8.30. The highest BCUT2D eigenvalue weighted by Gasteiger charge is 2.22. The number of allylic oxidation sites excluding steroid dienone is 2. The normalized spacial score (nSPS) is 13.3. The van der Waals surface area contributed by atoms with Crippen LogP contribution in [0.25, 0.3) is 5.57 Å². The van der Waals surface area contributed by atoms with E-state index in [0.29, 0.717) is 28.9 Å². The van der Waals surface area contributed by atoms with Crippen molar-refractivity contribution in [2.24, 2.45) is 11.5 Å².